The van der Waals surface area contributed by atoms with Gasteiger partial charge in [0.25, 0.3) is 11.8 Å². The molecule has 168 valence electrons. The molecule has 0 spiro atoms. The number of amides is 2. The average Bonchev–Trinajstić information content (AvgIpc) is 3.70. The normalized spacial score (nSPS) is 36.0. The lowest BCUT2D eigenvalue weighted by atomic mass is 9.95. The number of piperazine rings is 1. The molecule has 32 heavy (non-hydrogen) atoms. The van der Waals surface area contributed by atoms with Crippen molar-refractivity contribution in [3.8, 4) is 0 Å². The first kappa shape index (κ1) is 21.2. The summed E-state index contributed by atoms with van der Waals surface area (Å²) < 4.78 is 11.8. The Morgan fingerprint density at radius 3 is 1.41 bits per heavy atom. The first-order valence-electron chi connectivity index (χ1n) is 11.3. The molecule has 5 rings (SSSR count). The van der Waals surface area contributed by atoms with Crippen molar-refractivity contribution in [2.45, 2.75) is 63.2 Å². The number of hydrogen-bond acceptors (Lipinski definition) is 4. The minimum Gasteiger partial charge on any atom is -0.351 e. The predicted molar refractivity (Wildman–Crippen MR) is 120 cm³/mol. The minimum atomic E-state index is -0.842. The van der Waals surface area contributed by atoms with Crippen LogP contribution in [-0.2, 0) is 19.1 Å². The molecule has 6 heteroatoms. The topological polar surface area (TPSA) is 65.7 Å². The van der Waals surface area contributed by atoms with Gasteiger partial charge in [-0.1, -0.05) is 60.7 Å². The third kappa shape index (κ3) is 3.33. The molecule has 2 aromatic carbocycles. The van der Waals surface area contributed by atoms with Gasteiger partial charge in [-0.15, -0.1) is 0 Å². The standard InChI is InChI=1S/C26H30N2O4/c1-17-15-28(24(30)26(4)22(32-26)20-13-9-6-10-14-20)18(2)16-27(17)23(29)25(3)21(31-25)19-11-7-5-8-12-19/h5-14,17-18,21-22H,15-16H2,1-4H3/t17-,18-,21+,22+,25-,26-/m0/s1. The van der Waals surface area contributed by atoms with Gasteiger partial charge < -0.3 is 19.3 Å². The summed E-state index contributed by atoms with van der Waals surface area (Å²) in [4.78, 5) is 30.6. The molecule has 0 aliphatic carbocycles. The number of nitrogens with zero attached hydrogens (tertiary/aromatic N) is 2. The van der Waals surface area contributed by atoms with Crippen LogP contribution in [0.15, 0.2) is 60.7 Å². The fraction of sp³-hybridized carbons (Fsp3) is 0.462. The lowest BCUT2D eigenvalue weighted by molar-refractivity contribution is -0.151. The number of epoxide rings is 2. The highest BCUT2D eigenvalue weighted by atomic mass is 16.6. The van der Waals surface area contributed by atoms with E-state index in [2.05, 4.69) is 0 Å². The first-order chi connectivity index (χ1) is 15.3. The zero-order valence-corrected chi connectivity index (χ0v) is 19.0. The molecule has 3 heterocycles. The first-order valence-corrected chi connectivity index (χ1v) is 11.3. The lowest BCUT2D eigenvalue weighted by Gasteiger charge is -2.45. The van der Waals surface area contributed by atoms with E-state index in [1.54, 1.807) is 0 Å². The van der Waals surface area contributed by atoms with Crippen LogP contribution in [0.3, 0.4) is 0 Å². The zero-order chi connectivity index (χ0) is 22.7. The van der Waals surface area contributed by atoms with Crippen LogP contribution >= 0.6 is 0 Å². The van der Waals surface area contributed by atoms with Crippen LogP contribution in [0.2, 0.25) is 0 Å². The molecule has 0 aromatic heterocycles. The molecule has 3 fully saturated rings. The monoisotopic (exact) mass is 434 g/mol. The quantitative estimate of drug-likeness (QED) is 0.691. The van der Waals surface area contributed by atoms with Gasteiger partial charge >= 0.3 is 0 Å². The molecule has 3 saturated heterocycles. The van der Waals surface area contributed by atoms with Gasteiger partial charge in [-0.25, -0.2) is 0 Å². The van der Waals surface area contributed by atoms with E-state index in [0.717, 1.165) is 11.1 Å². The molecule has 3 aliphatic heterocycles. The Labute approximate surface area is 189 Å². The fourth-order valence-electron chi connectivity index (χ4n) is 5.04. The molecule has 0 N–H and O–H groups in total. The highest BCUT2D eigenvalue weighted by Gasteiger charge is 2.63. The van der Waals surface area contributed by atoms with E-state index in [0.29, 0.717) is 13.1 Å². The van der Waals surface area contributed by atoms with Gasteiger partial charge in [-0.05, 0) is 38.8 Å². The second-order valence-electron chi connectivity index (χ2n) is 9.64. The van der Waals surface area contributed by atoms with Gasteiger partial charge in [0.1, 0.15) is 12.2 Å². The summed E-state index contributed by atoms with van der Waals surface area (Å²) in [5, 5.41) is 0. The minimum absolute atomic E-state index is 0.00570. The van der Waals surface area contributed by atoms with Crippen LogP contribution < -0.4 is 0 Å². The van der Waals surface area contributed by atoms with Crippen molar-refractivity contribution in [3.05, 3.63) is 71.8 Å². The molecule has 0 bridgehead atoms. The molecule has 2 aromatic rings. The Bertz CT molecular complexity index is 945. The summed E-state index contributed by atoms with van der Waals surface area (Å²) in [5.74, 6) is -0.0114. The highest BCUT2D eigenvalue weighted by Crippen LogP contribution is 2.52. The number of ether oxygens (including phenoxy) is 2. The molecule has 0 saturated carbocycles. The van der Waals surface area contributed by atoms with Gasteiger partial charge in [-0.3, -0.25) is 9.59 Å². The molecular weight excluding hydrogens is 404 g/mol. The number of hydrogen-bond donors (Lipinski definition) is 0. The maximum atomic E-state index is 13.4. The van der Waals surface area contributed by atoms with E-state index in [9.17, 15) is 9.59 Å². The molecule has 6 atom stereocenters. The average molecular weight is 435 g/mol. The van der Waals surface area contributed by atoms with Gasteiger partial charge in [0.2, 0.25) is 0 Å². The Morgan fingerprint density at radius 1 is 0.719 bits per heavy atom. The summed E-state index contributed by atoms with van der Waals surface area (Å²) >= 11 is 0. The molecule has 6 nitrogen and oxygen atoms in total. The molecule has 2 amide bonds. The lowest BCUT2D eigenvalue weighted by Crippen LogP contribution is -2.62. The molecule has 0 unspecified atom stereocenters. The Balaban J connectivity index is 1.26. The largest absolute Gasteiger partial charge is 0.351 e. The van der Waals surface area contributed by atoms with Crippen molar-refractivity contribution in [3.63, 3.8) is 0 Å². The van der Waals surface area contributed by atoms with Crippen molar-refractivity contribution in [1.29, 1.82) is 0 Å². The van der Waals surface area contributed by atoms with Crippen molar-refractivity contribution in [2.24, 2.45) is 0 Å². The summed E-state index contributed by atoms with van der Waals surface area (Å²) in [6.07, 6.45) is -0.437. The van der Waals surface area contributed by atoms with E-state index in [4.69, 9.17) is 9.47 Å². The summed E-state index contributed by atoms with van der Waals surface area (Å²) in [6.45, 7) is 8.70. The Hall–Kier alpha value is -2.70. The van der Waals surface area contributed by atoms with E-state index in [1.165, 1.54) is 0 Å². The number of carbonyl (C=O) groups excluding carboxylic acids is 2. The summed E-state index contributed by atoms with van der Waals surface area (Å²) in [7, 11) is 0. The van der Waals surface area contributed by atoms with E-state index in [-0.39, 0.29) is 36.1 Å². The maximum Gasteiger partial charge on any atom is 0.258 e. The van der Waals surface area contributed by atoms with Crippen LogP contribution in [0, 0.1) is 0 Å². The van der Waals surface area contributed by atoms with Gasteiger partial charge in [0.15, 0.2) is 11.2 Å². The van der Waals surface area contributed by atoms with Crippen LogP contribution in [-0.4, -0.2) is 58.0 Å². The van der Waals surface area contributed by atoms with Crippen LogP contribution in [0.1, 0.15) is 51.0 Å². The van der Waals surface area contributed by atoms with Crippen molar-refractivity contribution in [2.75, 3.05) is 13.1 Å². The van der Waals surface area contributed by atoms with E-state index < -0.39 is 11.2 Å². The maximum absolute atomic E-state index is 13.4. The van der Waals surface area contributed by atoms with Crippen molar-refractivity contribution >= 4 is 11.8 Å². The number of benzene rings is 2. The SMILES string of the molecule is C[C@H]1CN(C(=O)[C@@]2(C)O[C@@H]2c2ccccc2)[C@@H](C)CN1C(=O)[C@@]1(C)O[C@@H]1c1ccccc1. The van der Waals surface area contributed by atoms with Crippen LogP contribution in [0.5, 0.6) is 0 Å². The highest BCUT2D eigenvalue weighted by molar-refractivity contribution is 5.91. The second kappa shape index (κ2) is 7.42. The zero-order valence-electron chi connectivity index (χ0n) is 19.0. The summed E-state index contributed by atoms with van der Waals surface area (Å²) in [6, 6.07) is 19.5. The molecular formula is C26H30N2O4. The third-order valence-electron chi connectivity index (χ3n) is 7.17. The molecule has 0 radical (unpaired) electrons. The van der Waals surface area contributed by atoms with Crippen LogP contribution in [0.4, 0.5) is 0 Å². The summed E-state index contributed by atoms with van der Waals surface area (Å²) in [5.41, 5.74) is 0.351. The Morgan fingerprint density at radius 2 is 1.06 bits per heavy atom. The van der Waals surface area contributed by atoms with Gasteiger partial charge in [0, 0.05) is 25.2 Å². The van der Waals surface area contributed by atoms with Gasteiger partial charge in [0.05, 0.1) is 0 Å². The second-order valence-corrected chi connectivity index (χ2v) is 9.64. The van der Waals surface area contributed by atoms with Crippen molar-refractivity contribution in [1.82, 2.24) is 9.80 Å². The van der Waals surface area contributed by atoms with E-state index >= 15 is 0 Å². The third-order valence-corrected chi connectivity index (χ3v) is 7.17. The Kier molecular flexibility index (Phi) is 4.91. The number of carbonyl (C=O) groups is 2. The van der Waals surface area contributed by atoms with Crippen molar-refractivity contribution < 1.29 is 19.1 Å². The number of rotatable bonds is 4. The van der Waals surface area contributed by atoms with E-state index in [1.807, 2.05) is 98.2 Å². The predicted octanol–water partition coefficient (Wildman–Crippen LogP) is 3.49. The van der Waals surface area contributed by atoms with Crippen LogP contribution in [0.25, 0.3) is 0 Å². The smallest absolute Gasteiger partial charge is 0.258 e. The molecule has 3 aliphatic rings. The fourth-order valence-corrected chi connectivity index (χ4v) is 5.04. The van der Waals surface area contributed by atoms with Gasteiger partial charge in [-0.2, -0.15) is 0 Å².